The van der Waals surface area contributed by atoms with Crippen LogP contribution in [0.2, 0.25) is 0 Å². The van der Waals surface area contributed by atoms with Gasteiger partial charge in [0.2, 0.25) is 0 Å². The summed E-state index contributed by atoms with van der Waals surface area (Å²) in [6.07, 6.45) is 2.77. The number of hydrogen-bond donors (Lipinski definition) is 1. The highest BCUT2D eigenvalue weighted by atomic mass is 16.1. The number of aromatic nitrogens is 2. The van der Waals surface area contributed by atoms with Crippen molar-refractivity contribution in [3.8, 4) is 0 Å². The van der Waals surface area contributed by atoms with Crippen LogP contribution in [0.3, 0.4) is 0 Å². The fourth-order valence-electron chi connectivity index (χ4n) is 1.41. The maximum Gasteiger partial charge on any atom is 0.268 e. The normalized spacial score (nSPS) is 12.8. The fourth-order valence-corrected chi connectivity index (χ4v) is 1.41. The second-order valence-corrected chi connectivity index (χ2v) is 4.58. The Morgan fingerprint density at radius 3 is 2.62 bits per heavy atom. The minimum atomic E-state index is -0.0362. The third-order valence-electron chi connectivity index (χ3n) is 2.51. The van der Waals surface area contributed by atoms with E-state index in [9.17, 15) is 4.79 Å². The molecule has 4 nitrogen and oxygen atoms in total. The average molecular weight is 223 g/mol. The van der Waals surface area contributed by atoms with E-state index in [0.29, 0.717) is 18.5 Å². The van der Waals surface area contributed by atoms with Gasteiger partial charge in [-0.25, -0.2) is 4.68 Å². The Hall–Kier alpha value is -1.32. The summed E-state index contributed by atoms with van der Waals surface area (Å²) in [6, 6.07) is 1.92. The van der Waals surface area contributed by atoms with E-state index in [1.807, 2.05) is 13.8 Å². The van der Waals surface area contributed by atoms with E-state index < -0.39 is 0 Å². The molecule has 1 rings (SSSR count). The number of rotatable bonds is 5. The van der Waals surface area contributed by atoms with Crippen molar-refractivity contribution in [2.75, 3.05) is 5.32 Å². The molecule has 4 heteroatoms. The van der Waals surface area contributed by atoms with Gasteiger partial charge < -0.3 is 5.32 Å². The van der Waals surface area contributed by atoms with Crippen molar-refractivity contribution in [3.05, 3.63) is 22.6 Å². The highest BCUT2D eigenvalue weighted by molar-refractivity contribution is 5.39. The van der Waals surface area contributed by atoms with Crippen LogP contribution < -0.4 is 10.9 Å². The Morgan fingerprint density at radius 2 is 2.12 bits per heavy atom. The number of hydrogen-bond acceptors (Lipinski definition) is 3. The number of nitrogens with one attached hydrogen (secondary N) is 1. The van der Waals surface area contributed by atoms with Crippen LogP contribution in [0, 0.1) is 5.92 Å². The fraction of sp³-hybridized carbons (Fsp3) is 0.667. The summed E-state index contributed by atoms with van der Waals surface area (Å²) in [6.45, 7) is 8.99. The van der Waals surface area contributed by atoms with Crippen LogP contribution in [0.25, 0.3) is 0 Å². The van der Waals surface area contributed by atoms with Gasteiger partial charge in [0.05, 0.1) is 11.9 Å². The summed E-state index contributed by atoms with van der Waals surface area (Å²) in [4.78, 5) is 11.7. The number of nitrogens with zero attached hydrogens (tertiary/aromatic N) is 2. The molecule has 0 aliphatic carbocycles. The molecular formula is C12H21N3O. The largest absolute Gasteiger partial charge is 0.381 e. The van der Waals surface area contributed by atoms with Gasteiger partial charge in [-0.1, -0.05) is 20.3 Å². The van der Waals surface area contributed by atoms with Gasteiger partial charge in [0.25, 0.3) is 5.56 Å². The molecule has 1 aromatic heterocycles. The summed E-state index contributed by atoms with van der Waals surface area (Å²) in [5.41, 5.74) is 0.756. The lowest BCUT2D eigenvalue weighted by Crippen LogP contribution is -2.26. The van der Waals surface area contributed by atoms with Crippen molar-refractivity contribution in [3.63, 3.8) is 0 Å². The lowest BCUT2D eigenvalue weighted by molar-refractivity contribution is 0.424. The molecule has 16 heavy (non-hydrogen) atoms. The Bertz CT molecular complexity index is 384. The molecule has 1 heterocycles. The van der Waals surface area contributed by atoms with Crippen molar-refractivity contribution in [2.24, 2.45) is 5.92 Å². The van der Waals surface area contributed by atoms with E-state index in [1.54, 1.807) is 12.3 Å². The van der Waals surface area contributed by atoms with Gasteiger partial charge in [-0.15, -0.1) is 0 Å². The predicted octanol–water partition coefficient (Wildman–Crippen LogP) is 2.11. The lowest BCUT2D eigenvalue weighted by atomic mass is 10.1. The topological polar surface area (TPSA) is 46.9 Å². The van der Waals surface area contributed by atoms with E-state index in [2.05, 4.69) is 24.3 Å². The van der Waals surface area contributed by atoms with Crippen molar-refractivity contribution in [2.45, 2.75) is 46.7 Å². The highest BCUT2D eigenvalue weighted by Crippen LogP contribution is 2.05. The summed E-state index contributed by atoms with van der Waals surface area (Å²) in [7, 11) is 0. The monoisotopic (exact) mass is 223 g/mol. The van der Waals surface area contributed by atoms with Crippen molar-refractivity contribution >= 4 is 5.69 Å². The molecule has 0 aliphatic heterocycles. The molecule has 0 fully saturated rings. The molecule has 1 unspecified atom stereocenters. The summed E-state index contributed by atoms with van der Waals surface area (Å²) < 4.78 is 1.53. The highest BCUT2D eigenvalue weighted by Gasteiger charge is 2.04. The van der Waals surface area contributed by atoms with Gasteiger partial charge >= 0.3 is 0 Å². The van der Waals surface area contributed by atoms with E-state index >= 15 is 0 Å². The van der Waals surface area contributed by atoms with Gasteiger partial charge in [0.1, 0.15) is 0 Å². The first-order chi connectivity index (χ1) is 7.52. The Morgan fingerprint density at radius 1 is 1.44 bits per heavy atom. The Kier molecular flexibility index (Phi) is 4.52. The first-order valence-electron chi connectivity index (χ1n) is 5.86. The maximum atomic E-state index is 11.7. The molecule has 0 saturated heterocycles. The molecule has 1 aromatic rings. The molecule has 0 aliphatic rings. The summed E-state index contributed by atoms with van der Waals surface area (Å²) in [5.74, 6) is 0.481. The number of anilines is 1. The molecule has 0 amide bonds. The van der Waals surface area contributed by atoms with Crippen LogP contribution in [0.15, 0.2) is 17.1 Å². The van der Waals surface area contributed by atoms with E-state index in [-0.39, 0.29) is 5.56 Å². The van der Waals surface area contributed by atoms with Crippen LogP contribution in [0.1, 0.15) is 34.1 Å². The SMILES string of the molecule is CCC(C)Cn1ncc(NC(C)C)cc1=O. The molecule has 0 radical (unpaired) electrons. The Balaban J connectivity index is 2.79. The minimum Gasteiger partial charge on any atom is -0.381 e. The van der Waals surface area contributed by atoms with Gasteiger partial charge in [0.15, 0.2) is 0 Å². The van der Waals surface area contributed by atoms with Gasteiger partial charge in [-0.2, -0.15) is 5.10 Å². The van der Waals surface area contributed by atoms with Crippen LogP contribution >= 0.6 is 0 Å². The second-order valence-electron chi connectivity index (χ2n) is 4.58. The lowest BCUT2D eigenvalue weighted by Gasteiger charge is -2.12. The maximum absolute atomic E-state index is 11.7. The van der Waals surface area contributed by atoms with E-state index in [4.69, 9.17) is 0 Å². The molecule has 1 N–H and O–H groups in total. The summed E-state index contributed by atoms with van der Waals surface area (Å²) in [5, 5.41) is 7.33. The molecule has 0 saturated carbocycles. The van der Waals surface area contributed by atoms with Crippen LogP contribution in [-0.2, 0) is 6.54 Å². The zero-order chi connectivity index (χ0) is 12.1. The minimum absolute atomic E-state index is 0.0362. The average Bonchev–Trinajstić information content (AvgIpc) is 2.21. The van der Waals surface area contributed by atoms with Crippen LogP contribution in [-0.4, -0.2) is 15.8 Å². The van der Waals surface area contributed by atoms with E-state index in [1.165, 1.54) is 4.68 Å². The van der Waals surface area contributed by atoms with Crippen molar-refractivity contribution in [1.82, 2.24) is 9.78 Å². The molecule has 1 atom stereocenters. The van der Waals surface area contributed by atoms with Gasteiger partial charge in [0, 0.05) is 18.7 Å². The predicted molar refractivity (Wildman–Crippen MR) is 66.7 cm³/mol. The molecular weight excluding hydrogens is 202 g/mol. The zero-order valence-corrected chi connectivity index (χ0v) is 10.5. The molecule has 90 valence electrons. The molecule has 0 spiro atoms. The van der Waals surface area contributed by atoms with Gasteiger partial charge in [-0.3, -0.25) is 4.79 Å². The van der Waals surface area contributed by atoms with Crippen LogP contribution in [0.5, 0.6) is 0 Å². The third-order valence-corrected chi connectivity index (χ3v) is 2.51. The first-order valence-corrected chi connectivity index (χ1v) is 5.86. The standard InChI is InChI=1S/C12H21N3O/c1-5-10(4)8-15-12(16)6-11(7-13-15)14-9(2)3/h6-7,9-10,14H,5,8H2,1-4H3. The Labute approximate surface area is 96.7 Å². The quantitative estimate of drug-likeness (QED) is 0.831. The van der Waals surface area contributed by atoms with Crippen molar-refractivity contribution < 1.29 is 0 Å². The van der Waals surface area contributed by atoms with Crippen LogP contribution in [0.4, 0.5) is 5.69 Å². The zero-order valence-electron chi connectivity index (χ0n) is 10.5. The summed E-state index contributed by atoms with van der Waals surface area (Å²) >= 11 is 0. The van der Waals surface area contributed by atoms with E-state index in [0.717, 1.165) is 12.1 Å². The third kappa shape index (κ3) is 3.68. The smallest absolute Gasteiger partial charge is 0.268 e. The molecule has 0 aromatic carbocycles. The second kappa shape index (κ2) is 5.68. The molecule has 0 bridgehead atoms. The van der Waals surface area contributed by atoms with Gasteiger partial charge in [-0.05, 0) is 19.8 Å². The first kappa shape index (κ1) is 12.7. The van der Waals surface area contributed by atoms with Crippen molar-refractivity contribution in [1.29, 1.82) is 0 Å².